The Morgan fingerprint density at radius 3 is 2.67 bits per heavy atom. The molecule has 1 aromatic heterocycles. The number of nitrogens with one attached hydrogen (secondary N) is 1. The number of benzene rings is 2. The second-order valence-corrected chi connectivity index (χ2v) is 7.20. The number of aromatic carboxylic acids is 1. The second kappa shape index (κ2) is 8.86. The van der Waals surface area contributed by atoms with Crippen molar-refractivity contribution in [3.63, 3.8) is 0 Å². The van der Waals surface area contributed by atoms with Crippen LogP contribution in [0.2, 0.25) is 0 Å². The van der Waals surface area contributed by atoms with Gasteiger partial charge in [-0.2, -0.15) is 0 Å². The summed E-state index contributed by atoms with van der Waals surface area (Å²) in [5.41, 5.74) is 2.12. The first kappa shape index (κ1) is 19.2. The molecule has 0 spiro atoms. The highest BCUT2D eigenvalue weighted by Gasteiger charge is 2.22. The van der Waals surface area contributed by atoms with Crippen molar-refractivity contribution in [1.82, 2.24) is 9.97 Å². The number of aromatic nitrogens is 2. The molecule has 2 N–H and O–H groups in total. The van der Waals surface area contributed by atoms with E-state index in [-0.39, 0.29) is 11.5 Å². The van der Waals surface area contributed by atoms with Crippen LogP contribution >= 0.6 is 15.9 Å². The molecule has 1 unspecified atom stereocenters. The summed E-state index contributed by atoms with van der Waals surface area (Å²) in [5.74, 6) is 0.486. The van der Waals surface area contributed by atoms with E-state index in [4.69, 9.17) is 4.74 Å². The number of H-pyrrole nitrogens is 1. The SMILES string of the molecule is CCCC(c1ncc[nH]1)c1cc(C(=O)O)ccc1OCc1ccc(Br)cc1. The lowest BCUT2D eigenvalue weighted by atomic mass is 9.91. The highest BCUT2D eigenvalue weighted by molar-refractivity contribution is 9.10. The molecule has 27 heavy (non-hydrogen) atoms. The van der Waals surface area contributed by atoms with Gasteiger partial charge >= 0.3 is 5.97 Å². The van der Waals surface area contributed by atoms with Crippen LogP contribution in [-0.2, 0) is 6.61 Å². The Labute approximate surface area is 166 Å². The van der Waals surface area contributed by atoms with Gasteiger partial charge in [0, 0.05) is 28.3 Å². The Morgan fingerprint density at radius 2 is 2.04 bits per heavy atom. The van der Waals surface area contributed by atoms with E-state index in [1.165, 1.54) is 0 Å². The van der Waals surface area contributed by atoms with Gasteiger partial charge in [0.15, 0.2) is 0 Å². The first-order chi connectivity index (χ1) is 13.1. The molecule has 0 fully saturated rings. The largest absolute Gasteiger partial charge is 0.489 e. The van der Waals surface area contributed by atoms with Gasteiger partial charge in [-0.05, 0) is 42.3 Å². The molecular formula is C21H21BrN2O3. The van der Waals surface area contributed by atoms with Gasteiger partial charge in [0.05, 0.1) is 5.56 Å². The van der Waals surface area contributed by atoms with Crippen molar-refractivity contribution < 1.29 is 14.6 Å². The van der Waals surface area contributed by atoms with Crippen molar-refractivity contribution in [3.05, 3.63) is 81.8 Å². The van der Waals surface area contributed by atoms with Gasteiger partial charge in [-0.15, -0.1) is 0 Å². The van der Waals surface area contributed by atoms with Gasteiger partial charge in [0.2, 0.25) is 0 Å². The molecule has 0 aliphatic heterocycles. The molecule has 0 saturated heterocycles. The Kier molecular flexibility index (Phi) is 6.29. The number of hydrogen-bond acceptors (Lipinski definition) is 3. The first-order valence-electron chi connectivity index (χ1n) is 8.82. The average molecular weight is 429 g/mol. The molecule has 0 radical (unpaired) electrons. The Balaban J connectivity index is 1.94. The van der Waals surface area contributed by atoms with Gasteiger partial charge in [0.25, 0.3) is 0 Å². The van der Waals surface area contributed by atoms with Crippen LogP contribution in [0.15, 0.2) is 59.3 Å². The maximum Gasteiger partial charge on any atom is 0.335 e. The summed E-state index contributed by atoms with van der Waals surface area (Å²) in [6.45, 7) is 2.50. The van der Waals surface area contributed by atoms with E-state index in [9.17, 15) is 9.90 Å². The van der Waals surface area contributed by atoms with Crippen LogP contribution in [0.5, 0.6) is 5.75 Å². The number of aromatic amines is 1. The molecule has 3 rings (SSSR count). The van der Waals surface area contributed by atoms with Gasteiger partial charge in [-0.3, -0.25) is 0 Å². The number of rotatable bonds is 8. The first-order valence-corrected chi connectivity index (χ1v) is 9.61. The van der Waals surface area contributed by atoms with Crippen LogP contribution in [0.25, 0.3) is 0 Å². The van der Waals surface area contributed by atoms with E-state index < -0.39 is 5.97 Å². The summed E-state index contributed by atoms with van der Waals surface area (Å²) in [4.78, 5) is 19.0. The predicted molar refractivity (Wildman–Crippen MR) is 107 cm³/mol. The number of carbonyl (C=O) groups is 1. The summed E-state index contributed by atoms with van der Waals surface area (Å²) in [6.07, 6.45) is 5.27. The van der Waals surface area contributed by atoms with Crippen LogP contribution < -0.4 is 4.74 Å². The quantitative estimate of drug-likeness (QED) is 0.504. The zero-order valence-corrected chi connectivity index (χ0v) is 16.6. The van der Waals surface area contributed by atoms with Gasteiger partial charge < -0.3 is 14.8 Å². The molecule has 1 heterocycles. The van der Waals surface area contributed by atoms with E-state index in [0.29, 0.717) is 12.4 Å². The molecule has 6 heteroatoms. The lowest BCUT2D eigenvalue weighted by Crippen LogP contribution is -2.09. The molecule has 0 amide bonds. The van der Waals surface area contributed by atoms with E-state index in [1.807, 2.05) is 24.3 Å². The molecule has 0 saturated carbocycles. The second-order valence-electron chi connectivity index (χ2n) is 6.29. The van der Waals surface area contributed by atoms with Crippen molar-refractivity contribution in [3.8, 4) is 5.75 Å². The van der Waals surface area contributed by atoms with Crippen molar-refractivity contribution in [1.29, 1.82) is 0 Å². The van der Waals surface area contributed by atoms with Crippen LogP contribution in [0.4, 0.5) is 0 Å². The maximum absolute atomic E-state index is 11.5. The minimum absolute atomic E-state index is 0.0517. The van der Waals surface area contributed by atoms with Crippen LogP contribution in [-0.4, -0.2) is 21.0 Å². The van der Waals surface area contributed by atoms with E-state index in [1.54, 1.807) is 30.6 Å². The summed E-state index contributed by atoms with van der Waals surface area (Å²) >= 11 is 3.43. The number of imidazole rings is 1. The normalized spacial score (nSPS) is 11.9. The van der Waals surface area contributed by atoms with E-state index >= 15 is 0 Å². The van der Waals surface area contributed by atoms with Gasteiger partial charge in [0.1, 0.15) is 18.2 Å². The fourth-order valence-electron chi connectivity index (χ4n) is 3.02. The van der Waals surface area contributed by atoms with Crippen molar-refractivity contribution in [2.75, 3.05) is 0 Å². The zero-order valence-electron chi connectivity index (χ0n) is 15.0. The lowest BCUT2D eigenvalue weighted by molar-refractivity contribution is 0.0696. The molecule has 0 bridgehead atoms. The minimum Gasteiger partial charge on any atom is -0.489 e. The van der Waals surface area contributed by atoms with E-state index in [2.05, 4.69) is 32.8 Å². The zero-order chi connectivity index (χ0) is 19.2. The third kappa shape index (κ3) is 4.77. The van der Waals surface area contributed by atoms with Gasteiger partial charge in [-0.1, -0.05) is 41.4 Å². The maximum atomic E-state index is 11.5. The van der Waals surface area contributed by atoms with E-state index in [0.717, 1.165) is 34.3 Å². The fourth-order valence-corrected chi connectivity index (χ4v) is 3.29. The van der Waals surface area contributed by atoms with Crippen molar-refractivity contribution in [2.24, 2.45) is 0 Å². The third-order valence-electron chi connectivity index (χ3n) is 4.37. The molecular weight excluding hydrogens is 408 g/mol. The summed E-state index contributed by atoms with van der Waals surface area (Å²) in [5, 5.41) is 9.41. The number of carboxylic acids is 1. The monoisotopic (exact) mass is 428 g/mol. The molecule has 5 nitrogen and oxygen atoms in total. The highest BCUT2D eigenvalue weighted by atomic mass is 79.9. The molecule has 140 valence electrons. The Bertz CT molecular complexity index is 892. The van der Waals surface area contributed by atoms with Crippen molar-refractivity contribution >= 4 is 21.9 Å². The topological polar surface area (TPSA) is 75.2 Å². The molecule has 0 aliphatic rings. The Morgan fingerprint density at radius 1 is 1.26 bits per heavy atom. The standard InChI is InChI=1S/C21H21BrN2O3/c1-2-3-17(20-23-10-11-24-20)18-12-15(21(25)26)6-9-19(18)27-13-14-4-7-16(22)8-5-14/h4-12,17H,2-3,13H2,1H3,(H,23,24)(H,25,26). The fraction of sp³-hybridized carbons (Fsp3) is 0.238. The molecule has 1 atom stereocenters. The van der Waals surface area contributed by atoms with Gasteiger partial charge in [-0.25, -0.2) is 9.78 Å². The number of carboxylic acid groups (broad SMARTS) is 1. The summed E-state index contributed by atoms with van der Waals surface area (Å²) < 4.78 is 7.09. The number of nitrogens with zero attached hydrogens (tertiary/aromatic N) is 1. The predicted octanol–water partition coefficient (Wildman–Crippen LogP) is 5.38. The third-order valence-corrected chi connectivity index (χ3v) is 4.90. The number of ether oxygens (including phenoxy) is 1. The van der Waals surface area contributed by atoms with Crippen molar-refractivity contribution in [2.45, 2.75) is 32.3 Å². The molecule has 3 aromatic rings. The lowest BCUT2D eigenvalue weighted by Gasteiger charge is -2.19. The summed E-state index contributed by atoms with van der Waals surface area (Å²) in [7, 11) is 0. The minimum atomic E-state index is -0.953. The number of halogens is 1. The average Bonchev–Trinajstić information content (AvgIpc) is 3.20. The van der Waals surface area contributed by atoms with Crippen LogP contribution in [0.1, 0.15) is 53.0 Å². The smallest absolute Gasteiger partial charge is 0.335 e. The number of hydrogen-bond donors (Lipinski definition) is 2. The highest BCUT2D eigenvalue weighted by Crippen LogP contribution is 2.35. The molecule has 2 aromatic carbocycles. The summed E-state index contributed by atoms with van der Waals surface area (Å²) in [6, 6.07) is 12.9. The Hall–Kier alpha value is -2.60. The molecule has 0 aliphatic carbocycles. The van der Waals surface area contributed by atoms with Crippen LogP contribution in [0.3, 0.4) is 0 Å². The van der Waals surface area contributed by atoms with Crippen LogP contribution in [0, 0.1) is 0 Å².